The van der Waals surface area contributed by atoms with E-state index < -0.39 is 5.97 Å². The summed E-state index contributed by atoms with van der Waals surface area (Å²) in [6.45, 7) is 5.00. The molecule has 6 nitrogen and oxygen atoms in total. The topological polar surface area (TPSA) is 69.3 Å². The number of halogens is 1. The van der Waals surface area contributed by atoms with Crippen LogP contribution in [0.25, 0.3) is 0 Å². The average Bonchev–Trinajstić information content (AvgIpc) is 2.94. The van der Waals surface area contributed by atoms with E-state index in [9.17, 15) is 14.4 Å². The van der Waals surface area contributed by atoms with Crippen molar-refractivity contribution < 1.29 is 9.53 Å². The van der Waals surface area contributed by atoms with Gasteiger partial charge in [-0.15, -0.1) is 0 Å². The molecular formula is C17H15IN2O4. The number of aryl methyl sites for hydroxylation is 1. The fraction of sp³-hybridized carbons (Fsp3) is 0.235. The Bertz CT molecular complexity index is 1060. The summed E-state index contributed by atoms with van der Waals surface area (Å²) in [4.78, 5) is 36.7. The highest BCUT2D eigenvalue weighted by Crippen LogP contribution is 2.15. The predicted octanol–water partition coefficient (Wildman–Crippen LogP) is 2.08. The summed E-state index contributed by atoms with van der Waals surface area (Å²) in [5.74, 6) is -0.463. The quantitative estimate of drug-likeness (QED) is 0.464. The van der Waals surface area contributed by atoms with Crippen molar-refractivity contribution in [2.24, 2.45) is 0 Å². The minimum absolute atomic E-state index is 0.0736. The lowest BCUT2D eigenvalue weighted by Gasteiger charge is -2.07. The lowest BCUT2D eigenvalue weighted by molar-refractivity contribution is 0.0463. The number of rotatable bonds is 3. The van der Waals surface area contributed by atoms with Crippen LogP contribution in [0.4, 0.5) is 0 Å². The standard InChI is InChI=1S/C17H15IN2O4/c1-9-11(3)19-14(10(2)16(22)20(19)15(9)21)8-24-17(23)12-6-4-5-7-13(12)18/h4-7H,8H2,1-3H3. The molecule has 3 rings (SSSR count). The number of esters is 1. The average molecular weight is 438 g/mol. The zero-order valence-electron chi connectivity index (χ0n) is 13.4. The highest BCUT2D eigenvalue weighted by atomic mass is 127. The Kier molecular flexibility index (Phi) is 4.20. The van der Waals surface area contributed by atoms with E-state index in [1.54, 1.807) is 37.4 Å². The molecule has 1 aromatic carbocycles. The van der Waals surface area contributed by atoms with Gasteiger partial charge in [0.25, 0.3) is 11.1 Å². The highest BCUT2D eigenvalue weighted by molar-refractivity contribution is 14.1. The first kappa shape index (κ1) is 16.7. The number of fused-ring (bicyclic) bond motifs is 1. The van der Waals surface area contributed by atoms with Crippen molar-refractivity contribution in [2.75, 3.05) is 0 Å². The maximum atomic E-state index is 12.3. The van der Waals surface area contributed by atoms with Crippen molar-refractivity contribution in [3.8, 4) is 0 Å². The molecule has 7 heteroatoms. The zero-order valence-corrected chi connectivity index (χ0v) is 15.6. The van der Waals surface area contributed by atoms with Crippen LogP contribution in [0.2, 0.25) is 0 Å². The van der Waals surface area contributed by atoms with E-state index in [1.807, 2.05) is 12.1 Å². The first-order valence-electron chi connectivity index (χ1n) is 7.32. The van der Waals surface area contributed by atoms with Crippen LogP contribution in [0.1, 0.15) is 32.9 Å². The molecule has 0 saturated heterocycles. The van der Waals surface area contributed by atoms with E-state index >= 15 is 0 Å². The van der Waals surface area contributed by atoms with Crippen LogP contribution in [-0.4, -0.2) is 15.0 Å². The van der Waals surface area contributed by atoms with Gasteiger partial charge in [-0.25, -0.2) is 9.31 Å². The third kappa shape index (κ3) is 2.43. The molecule has 0 bridgehead atoms. The summed E-state index contributed by atoms with van der Waals surface area (Å²) in [6, 6.07) is 7.11. The molecule has 2 heterocycles. The van der Waals surface area contributed by atoms with Gasteiger partial charge in [-0.2, -0.15) is 4.52 Å². The Morgan fingerprint density at radius 3 is 2.33 bits per heavy atom. The first-order valence-corrected chi connectivity index (χ1v) is 8.40. The van der Waals surface area contributed by atoms with Crippen LogP contribution in [0.15, 0.2) is 33.9 Å². The highest BCUT2D eigenvalue weighted by Gasteiger charge is 2.21. The molecule has 3 aromatic rings. The minimum Gasteiger partial charge on any atom is -0.456 e. The van der Waals surface area contributed by atoms with Gasteiger partial charge in [0.15, 0.2) is 0 Å². The zero-order chi connectivity index (χ0) is 17.6. The van der Waals surface area contributed by atoms with Gasteiger partial charge in [-0.1, -0.05) is 12.1 Å². The number of aromatic nitrogens is 2. The van der Waals surface area contributed by atoms with Crippen molar-refractivity contribution >= 4 is 28.6 Å². The van der Waals surface area contributed by atoms with Gasteiger partial charge in [-0.05, 0) is 55.5 Å². The maximum absolute atomic E-state index is 12.3. The van der Waals surface area contributed by atoms with E-state index in [0.717, 1.165) is 8.09 Å². The summed E-state index contributed by atoms with van der Waals surface area (Å²) >= 11 is 2.07. The molecule has 0 aliphatic carbocycles. The summed E-state index contributed by atoms with van der Waals surface area (Å²) < 4.78 is 8.81. The molecule has 0 N–H and O–H groups in total. The Morgan fingerprint density at radius 1 is 1.04 bits per heavy atom. The van der Waals surface area contributed by atoms with Crippen LogP contribution in [0.5, 0.6) is 0 Å². The summed E-state index contributed by atoms with van der Waals surface area (Å²) in [7, 11) is 0. The Labute approximate surface area is 151 Å². The largest absolute Gasteiger partial charge is 0.456 e. The molecule has 0 atom stereocenters. The number of carbonyl (C=O) groups excluding carboxylic acids is 1. The molecule has 0 amide bonds. The second-order valence-corrected chi connectivity index (χ2v) is 6.73. The van der Waals surface area contributed by atoms with E-state index in [2.05, 4.69) is 22.6 Å². The number of hydrogen-bond donors (Lipinski definition) is 0. The number of nitrogens with zero attached hydrogens (tertiary/aromatic N) is 2. The van der Waals surface area contributed by atoms with E-state index in [4.69, 9.17) is 4.74 Å². The van der Waals surface area contributed by atoms with Crippen molar-refractivity contribution in [3.05, 3.63) is 76.6 Å². The number of hydrogen-bond acceptors (Lipinski definition) is 4. The third-order valence-corrected chi connectivity index (χ3v) is 5.15. The molecule has 0 aliphatic rings. The summed E-state index contributed by atoms with van der Waals surface area (Å²) in [5, 5.41) is 0. The van der Waals surface area contributed by atoms with Gasteiger partial charge < -0.3 is 4.74 Å². The van der Waals surface area contributed by atoms with Crippen LogP contribution in [0, 0.1) is 24.3 Å². The molecule has 0 fully saturated rings. The second-order valence-electron chi connectivity index (χ2n) is 5.57. The number of ether oxygens (including phenoxy) is 1. The van der Waals surface area contributed by atoms with Crippen LogP contribution in [0.3, 0.4) is 0 Å². The molecule has 24 heavy (non-hydrogen) atoms. The van der Waals surface area contributed by atoms with Gasteiger partial charge in [0.05, 0.1) is 11.3 Å². The van der Waals surface area contributed by atoms with Crippen molar-refractivity contribution in [1.29, 1.82) is 0 Å². The normalized spacial score (nSPS) is 11.2. The number of benzene rings is 1. The SMILES string of the molecule is Cc1c(C)n2c(COC(=O)c3ccccc3I)c(C)c(=O)n2c1=O. The molecule has 0 unspecified atom stereocenters. The lowest BCUT2D eigenvalue weighted by Crippen LogP contribution is -2.23. The molecule has 0 aliphatic heterocycles. The molecule has 0 spiro atoms. The Morgan fingerprint density at radius 2 is 1.67 bits per heavy atom. The van der Waals surface area contributed by atoms with Crippen molar-refractivity contribution in [3.63, 3.8) is 0 Å². The second kappa shape index (κ2) is 6.04. The predicted molar refractivity (Wildman–Crippen MR) is 97.1 cm³/mol. The monoisotopic (exact) mass is 438 g/mol. The van der Waals surface area contributed by atoms with Gasteiger partial charge in [0.1, 0.15) is 6.61 Å². The third-order valence-electron chi connectivity index (χ3n) is 4.21. The summed E-state index contributed by atoms with van der Waals surface area (Å²) in [6.07, 6.45) is 0. The Hall–Kier alpha value is -2.16. The van der Waals surface area contributed by atoms with Gasteiger partial charge >= 0.3 is 5.97 Å². The van der Waals surface area contributed by atoms with Crippen molar-refractivity contribution in [2.45, 2.75) is 27.4 Å². The minimum atomic E-state index is -0.463. The molecule has 2 aromatic heterocycles. The Balaban J connectivity index is 2.00. The van der Waals surface area contributed by atoms with Gasteiger partial charge in [0.2, 0.25) is 0 Å². The lowest BCUT2D eigenvalue weighted by atomic mass is 10.2. The fourth-order valence-corrected chi connectivity index (χ4v) is 3.28. The molecule has 124 valence electrons. The summed E-state index contributed by atoms with van der Waals surface area (Å²) in [5.41, 5.74) is 1.86. The van der Waals surface area contributed by atoms with Crippen molar-refractivity contribution in [1.82, 2.24) is 9.03 Å². The van der Waals surface area contributed by atoms with Gasteiger partial charge in [-0.3, -0.25) is 9.59 Å². The van der Waals surface area contributed by atoms with Gasteiger partial charge in [0, 0.05) is 20.4 Å². The smallest absolute Gasteiger partial charge is 0.339 e. The van der Waals surface area contributed by atoms with Crippen LogP contribution < -0.4 is 11.1 Å². The van der Waals surface area contributed by atoms with E-state index in [-0.39, 0.29) is 17.7 Å². The maximum Gasteiger partial charge on any atom is 0.339 e. The first-order chi connectivity index (χ1) is 11.3. The van der Waals surface area contributed by atoms with Crippen LogP contribution in [-0.2, 0) is 11.3 Å². The molecule has 0 radical (unpaired) electrons. The molecular weight excluding hydrogens is 423 g/mol. The molecule has 0 saturated carbocycles. The fourth-order valence-electron chi connectivity index (χ4n) is 2.67. The number of carbonyl (C=O) groups is 1. The van der Waals surface area contributed by atoms with E-state index in [1.165, 1.54) is 0 Å². The van der Waals surface area contributed by atoms with Crippen LogP contribution >= 0.6 is 22.6 Å². The van der Waals surface area contributed by atoms with E-state index in [0.29, 0.717) is 28.1 Å².